The number of aliphatic hydroxyl groups excluding tert-OH is 1. The lowest BCUT2D eigenvalue weighted by Gasteiger charge is -2.27. The number of hydrogen-bond acceptors (Lipinski definition) is 3. The number of hydrogen-bond donors (Lipinski definition) is 1. The van der Waals surface area contributed by atoms with Gasteiger partial charge >= 0.3 is 5.97 Å². The van der Waals surface area contributed by atoms with E-state index in [-0.39, 0.29) is 18.0 Å². The number of esters is 1. The van der Waals surface area contributed by atoms with Crippen LogP contribution in [-0.2, 0) is 9.53 Å². The highest BCUT2D eigenvalue weighted by atomic mass is 16.5. The summed E-state index contributed by atoms with van der Waals surface area (Å²) in [5.41, 5.74) is -0.251. The normalized spacial score (nSPS) is 20.5. The van der Waals surface area contributed by atoms with Crippen molar-refractivity contribution in [3.8, 4) is 0 Å². The van der Waals surface area contributed by atoms with Crippen LogP contribution in [0.1, 0.15) is 59.3 Å². The first kappa shape index (κ1) is 14.5. The third-order valence-electron chi connectivity index (χ3n) is 3.65. The van der Waals surface area contributed by atoms with Gasteiger partial charge in [-0.1, -0.05) is 26.7 Å². The van der Waals surface area contributed by atoms with Crippen molar-refractivity contribution in [2.75, 3.05) is 6.61 Å². The molecular formula is C14H26O3. The summed E-state index contributed by atoms with van der Waals surface area (Å²) in [6, 6.07) is 0. The Balaban J connectivity index is 2.54. The molecule has 0 aromatic heterocycles. The fourth-order valence-corrected chi connectivity index (χ4v) is 2.52. The van der Waals surface area contributed by atoms with Gasteiger partial charge in [-0.05, 0) is 38.5 Å². The zero-order valence-electron chi connectivity index (χ0n) is 11.4. The molecule has 0 radical (unpaired) electrons. The molecule has 0 aromatic carbocycles. The zero-order valence-corrected chi connectivity index (χ0v) is 11.4. The molecule has 0 bridgehead atoms. The van der Waals surface area contributed by atoms with Crippen molar-refractivity contribution in [2.24, 2.45) is 11.3 Å². The van der Waals surface area contributed by atoms with E-state index in [1.807, 2.05) is 0 Å². The van der Waals surface area contributed by atoms with Gasteiger partial charge in [-0.3, -0.25) is 4.79 Å². The topological polar surface area (TPSA) is 46.5 Å². The SMILES string of the molecule is CC(C)CCC1(C(=O)OCC(C)O)CCCC1. The highest BCUT2D eigenvalue weighted by Crippen LogP contribution is 2.43. The smallest absolute Gasteiger partial charge is 0.312 e. The van der Waals surface area contributed by atoms with Gasteiger partial charge in [0.15, 0.2) is 0 Å². The van der Waals surface area contributed by atoms with Gasteiger partial charge in [-0.25, -0.2) is 0 Å². The van der Waals surface area contributed by atoms with Crippen LogP contribution < -0.4 is 0 Å². The molecule has 1 unspecified atom stereocenters. The van der Waals surface area contributed by atoms with Gasteiger partial charge in [-0.15, -0.1) is 0 Å². The predicted molar refractivity (Wildman–Crippen MR) is 67.6 cm³/mol. The highest BCUT2D eigenvalue weighted by Gasteiger charge is 2.42. The number of ether oxygens (including phenoxy) is 1. The minimum absolute atomic E-state index is 0.0865. The molecule has 0 aliphatic heterocycles. The predicted octanol–water partition coefficient (Wildman–Crippen LogP) is 2.91. The minimum Gasteiger partial charge on any atom is -0.463 e. The van der Waals surface area contributed by atoms with Crippen LogP contribution >= 0.6 is 0 Å². The molecule has 1 rings (SSSR count). The Morgan fingerprint density at radius 2 is 1.88 bits per heavy atom. The van der Waals surface area contributed by atoms with Crippen LogP contribution in [0.3, 0.4) is 0 Å². The van der Waals surface area contributed by atoms with Crippen LogP contribution in [-0.4, -0.2) is 23.8 Å². The average Bonchev–Trinajstić information content (AvgIpc) is 2.73. The molecule has 1 fully saturated rings. The van der Waals surface area contributed by atoms with E-state index in [1.54, 1.807) is 6.92 Å². The first-order chi connectivity index (χ1) is 7.96. The lowest BCUT2D eigenvalue weighted by molar-refractivity contribution is -0.159. The summed E-state index contributed by atoms with van der Waals surface area (Å²) < 4.78 is 5.23. The number of carbonyl (C=O) groups excluding carboxylic acids is 1. The highest BCUT2D eigenvalue weighted by molar-refractivity contribution is 5.77. The second-order valence-corrected chi connectivity index (χ2v) is 5.87. The Hall–Kier alpha value is -0.570. The molecule has 1 N–H and O–H groups in total. The van der Waals surface area contributed by atoms with Crippen LogP contribution in [0.15, 0.2) is 0 Å². The van der Waals surface area contributed by atoms with E-state index in [4.69, 9.17) is 9.84 Å². The monoisotopic (exact) mass is 242 g/mol. The van der Waals surface area contributed by atoms with Crippen LogP contribution in [0.2, 0.25) is 0 Å². The molecule has 0 heterocycles. The second kappa shape index (κ2) is 6.39. The molecule has 1 aliphatic carbocycles. The molecule has 3 heteroatoms. The van der Waals surface area contributed by atoms with E-state index in [0.717, 1.165) is 38.5 Å². The Kier molecular flexibility index (Phi) is 5.44. The van der Waals surface area contributed by atoms with Gasteiger partial charge < -0.3 is 9.84 Å². The fraction of sp³-hybridized carbons (Fsp3) is 0.929. The molecule has 0 spiro atoms. The number of rotatable bonds is 6. The number of carbonyl (C=O) groups is 1. The first-order valence-corrected chi connectivity index (χ1v) is 6.81. The van der Waals surface area contributed by atoms with Crippen LogP contribution in [0.4, 0.5) is 0 Å². The van der Waals surface area contributed by atoms with Gasteiger partial charge in [0.25, 0.3) is 0 Å². The lowest BCUT2D eigenvalue weighted by atomic mass is 9.80. The Bertz CT molecular complexity index is 240. The van der Waals surface area contributed by atoms with Gasteiger partial charge in [0.2, 0.25) is 0 Å². The maximum atomic E-state index is 12.2. The van der Waals surface area contributed by atoms with Crippen LogP contribution in [0, 0.1) is 11.3 Å². The molecule has 100 valence electrons. The second-order valence-electron chi connectivity index (χ2n) is 5.87. The quantitative estimate of drug-likeness (QED) is 0.728. The Morgan fingerprint density at radius 1 is 1.29 bits per heavy atom. The Morgan fingerprint density at radius 3 is 2.35 bits per heavy atom. The van der Waals surface area contributed by atoms with Gasteiger partial charge in [0.1, 0.15) is 6.61 Å². The minimum atomic E-state index is -0.567. The van der Waals surface area contributed by atoms with Crippen molar-refractivity contribution in [3.05, 3.63) is 0 Å². The van der Waals surface area contributed by atoms with Crippen LogP contribution in [0.5, 0.6) is 0 Å². The van der Waals surface area contributed by atoms with Gasteiger partial charge in [0.05, 0.1) is 11.5 Å². The standard InChI is InChI=1S/C14H26O3/c1-11(2)6-9-14(7-4-5-8-14)13(16)17-10-12(3)15/h11-12,15H,4-10H2,1-3H3. The lowest BCUT2D eigenvalue weighted by Crippen LogP contribution is -2.32. The van der Waals surface area contributed by atoms with Gasteiger partial charge in [0, 0.05) is 0 Å². The number of aliphatic hydroxyl groups is 1. The third-order valence-corrected chi connectivity index (χ3v) is 3.65. The Labute approximate surface area is 105 Å². The largest absolute Gasteiger partial charge is 0.463 e. The molecule has 17 heavy (non-hydrogen) atoms. The summed E-state index contributed by atoms with van der Waals surface area (Å²) >= 11 is 0. The summed E-state index contributed by atoms with van der Waals surface area (Å²) in [6.07, 6.45) is 5.61. The molecule has 1 aliphatic rings. The van der Waals surface area contributed by atoms with Gasteiger partial charge in [-0.2, -0.15) is 0 Å². The maximum absolute atomic E-state index is 12.2. The van der Waals surface area contributed by atoms with Crippen molar-refractivity contribution in [3.63, 3.8) is 0 Å². The van der Waals surface area contributed by atoms with E-state index in [9.17, 15) is 4.79 Å². The van der Waals surface area contributed by atoms with E-state index in [0.29, 0.717) is 5.92 Å². The zero-order chi connectivity index (χ0) is 12.9. The van der Waals surface area contributed by atoms with Crippen molar-refractivity contribution >= 4 is 5.97 Å². The van der Waals surface area contributed by atoms with Crippen molar-refractivity contribution < 1.29 is 14.6 Å². The summed E-state index contributed by atoms with van der Waals surface area (Å²) in [5, 5.41) is 9.17. The van der Waals surface area contributed by atoms with E-state index in [1.165, 1.54) is 0 Å². The molecule has 1 atom stereocenters. The fourth-order valence-electron chi connectivity index (χ4n) is 2.52. The summed E-state index contributed by atoms with van der Waals surface area (Å²) in [7, 11) is 0. The van der Waals surface area contributed by atoms with E-state index >= 15 is 0 Å². The molecule has 1 saturated carbocycles. The average molecular weight is 242 g/mol. The van der Waals surface area contributed by atoms with Crippen molar-refractivity contribution in [2.45, 2.75) is 65.4 Å². The molecule has 0 aromatic rings. The van der Waals surface area contributed by atoms with Crippen molar-refractivity contribution in [1.29, 1.82) is 0 Å². The third kappa shape index (κ3) is 4.30. The molecule has 0 saturated heterocycles. The first-order valence-electron chi connectivity index (χ1n) is 6.81. The summed E-state index contributed by atoms with van der Waals surface area (Å²) in [6.45, 7) is 6.14. The van der Waals surface area contributed by atoms with Crippen LogP contribution in [0.25, 0.3) is 0 Å². The maximum Gasteiger partial charge on any atom is 0.312 e. The van der Waals surface area contributed by atoms with E-state index in [2.05, 4.69) is 13.8 Å². The molecule has 0 amide bonds. The van der Waals surface area contributed by atoms with E-state index < -0.39 is 6.10 Å². The summed E-state index contributed by atoms with van der Waals surface area (Å²) in [5.74, 6) is 0.536. The molecular weight excluding hydrogens is 216 g/mol. The molecule has 3 nitrogen and oxygen atoms in total. The van der Waals surface area contributed by atoms with Crippen molar-refractivity contribution in [1.82, 2.24) is 0 Å². The summed E-state index contributed by atoms with van der Waals surface area (Å²) in [4.78, 5) is 12.2.